The van der Waals surface area contributed by atoms with Gasteiger partial charge in [0.25, 0.3) is 0 Å². The molecule has 0 bridgehead atoms. The topological polar surface area (TPSA) is 88.1 Å². The number of nitrogens with one attached hydrogen (secondary N) is 1. The van der Waals surface area contributed by atoms with E-state index in [0.29, 0.717) is 42.9 Å². The third-order valence-corrected chi connectivity index (χ3v) is 6.92. The Kier molecular flexibility index (Phi) is 10.1. The highest BCUT2D eigenvalue weighted by atomic mass is 19.1. The fraction of sp³-hybridized carbons (Fsp3) is 0.355. The summed E-state index contributed by atoms with van der Waals surface area (Å²) in [6.07, 6.45) is 3.42. The summed E-state index contributed by atoms with van der Waals surface area (Å²) >= 11 is 0. The highest BCUT2D eigenvalue weighted by molar-refractivity contribution is 5.91. The number of carbonyl (C=O) groups excluding carboxylic acids is 1. The maximum atomic E-state index is 13.6. The van der Waals surface area contributed by atoms with Crippen molar-refractivity contribution in [2.24, 2.45) is 0 Å². The van der Waals surface area contributed by atoms with Crippen LogP contribution in [0.15, 0.2) is 72.8 Å². The zero-order chi connectivity index (χ0) is 27.6. The van der Waals surface area contributed by atoms with Crippen molar-refractivity contribution in [3.05, 3.63) is 101 Å². The summed E-state index contributed by atoms with van der Waals surface area (Å²) in [4.78, 5) is 26.4. The fourth-order valence-electron chi connectivity index (χ4n) is 4.92. The summed E-state index contributed by atoms with van der Waals surface area (Å²) < 4.78 is 25.9. The number of amides is 2. The minimum Gasteiger partial charge on any atom is -0.478 e. The second kappa shape index (κ2) is 13.9. The molecule has 2 atom stereocenters. The average molecular weight is 535 g/mol. The first-order valence-corrected chi connectivity index (χ1v) is 13.3. The van der Waals surface area contributed by atoms with Crippen molar-refractivity contribution >= 4 is 17.7 Å². The highest BCUT2D eigenvalue weighted by Gasteiger charge is 2.25. The van der Waals surface area contributed by atoms with Gasteiger partial charge >= 0.3 is 12.0 Å². The monoisotopic (exact) mass is 534 g/mol. The molecule has 2 amide bonds. The van der Waals surface area contributed by atoms with Crippen LogP contribution in [0.5, 0.6) is 0 Å². The number of carbonyl (C=O) groups is 2. The van der Waals surface area contributed by atoms with Gasteiger partial charge in [-0.05, 0) is 67.5 Å². The molecule has 206 valence electrons. The van der Waals surface area contributed by atoms with Crippen molar-refractivity contribution in [3.63, 3.8) is 0 Å². The van der Waals surface area contributed by atoms with E-state index in [2.05, 4.69) is 5.32 Å². The summed E-state index contributed by atoms with van der Waals surface area (Å²) in [5, 5.41) is 12.3. The minimum atomic E-state index is -0.946. The Hall–Kier alpha value is -3.75. The third kappa shape index (κ3) is 8.37. The molecule has 0 aromatic heterocycles. The Morgan fingerprint density at radius 1 is 1.00 bits per heavy atom. The number of hydrogen-bond donors (Lipinski definition) is 2. The molecule has 39 heavy (non-hydrogen) atoms. The number of rotatable bonds is 11. The highest BCUT2D eigenvalue weighted by Crippen LogP contribution is 2.25. The van der Waals surface area contributed by atoms with Gasteiger partial charge in [-0.1, -0.05) is 54.6 Å². The van der Waals surface area contributed by atoms with Crippen LogP contribution in [-0.4, -0.2) is 47.4 Å². The number of carboxylic acids is 1. The van der Waals surface area contributed by atoms with Crippen LogP contribution >= 0.6 is 0 Å². The summed E-state index contributed by atoms with van der Waals surface area (Å²) in [7, 11) is 0. The van der Waals surface area contributed by atoms with Crippen molar-refractivity contribution in [1.29, 1.82) is 0 Å². The van der Waals surface area contributed by atoms with Crippen molar-refractivity contribution in [3.8, 4) is 0 Å². The van der Waals surface area contributed by atoms with E-state index in [0.717, 1.165) is 30.4 Å². The van der Waals surface area contributed by atoms with Gasteiger partial charge in [-0.15, -0.1) is 0 Å². The second-order valence-electron chi connectivity index (χ2n) is 9.85. The molecule has 3 aromatic carbocycles. The molecule has 0 saturated heterocycles. The van der Waals surface area contributed by atoms with Gasteiger partial charge in [0.15, 0.2) is 0 Å². The molecule has 1 aliphatic rings. The molecule has 1 aliphatic carbocycles. The molecule has 8 heteroatoms. The number of ether oxygens (including phenoxy) is 2. The van der Waals surface area contributed by atoms with E-state index in [1.807, 2.05) is 36.4 Å². The lowest BCUT2D eigenvalue weighted by molar-refractivity contribution is -0.0524. The van der Waals surface area contributed by atoms with Gasteiger partial charge in [0.05, 0.1) is 31.0 Å². The standard InChI is InChI=1S/C31H35FN2O5/c1-22-8-5-11-24(29(22)30(35)36)21-39-28-15-7-14-27(19-28)38-17-16-34(20-23-9-3-2-4-10-23)31(37)33-26-13-6-12-25(32)18-26/h2-6,8-13,18,27-28H,7,14-17,19-21H2,1H3,(H,33,37)(H,35,36)/t27-,28+/m0/s1. The van der Waals surface area contributed by atoms with Crippen molar-refractivity contribution in [2.75, 3.05) is 18.5 Å². The van der Waals surface area contributed by atoms with Crippen molar-refractivity contribution < 1.29 is 28.6 Å². The zero-order valence-electron chi connectivity index (χ0n) is 22.1. The van der Waals surface area contributed by atoms with Crippen LogP contribution in [0.4, 0.5) is 14.9 Å². The molecular formula is C31H35FN2O5. The predicted molar refractivity (Wildman–Crippen MR) is 147 cm³/mol. The molecule has 1 fully saturated rings. The van der Waals surface area contributed by atoms with Crippen LogP contribution in [0.1, 0.15) is 52.7 Å². The quantitative estimate of drug-likeness (QED) is 0.297. The molecule has 0 radical (unpaired) electrons. The molecule has 0 spiro atoms. The van der Waals surface area contributed by atoms with Crippen LogP contribution in [0.3, 0.4) is 0 Å². The number of halogens is 1. The van der Waals surface area contributed by atoms with Gasteiger partial charge < -0.3 is 24.8 Å². The van der Waals surface area contributed by atoms with E-state index in [9.17, 15) is 19.1 Å². The minimum absolute atomic E-state index is 0.00920. The Morgan fingerprint density at radius 2 is 1.74 bits per heavy atom. The molecule has 0 aliphatic heterocycles. The molecule has 3 aromatic rings. The first-order valence-electron chi connectivity index (χ1n) is 13.3. The Labute approximate surface area is 228 Å². The number of benzene rings is 3. The van der Waals surface area contributed by atoms with E-state index in [-0.39, 0.29) is 24.8 Å². The van der Waals surface area contributed by atoms with Gasteiger partial charge in [-0.3, -0.25) is 0 Å². The van der Waals surface area contributed by atoms with Gasteiger partial charge in [-0.2, -0.15) is 0 Å². The first-order chi connectivity index (χ1) is 18.9. The Morgan fingerprint density at radius 3 is 2.49 bits per heavy atom. The molecule has 0 unspecified atom stereocenters. The number of anilines is 1. The maximum absolute atomic E-state index is 13.6. The lowest BCUT2D eigenvalue weighted by Crippen LogP contribution is -2.38. The van der Waals surface area contributed by atoms with Gasteiger partial charge in [-0.25, -0.2) is 14.0 Å². The summed E-state index contributed by atoms with van der Waals surface area (Å²) in [6, 6.07) is 20.6. The largest absolute Gasteiger partial charge is 0.478 e. The molecule has 1 saturated carbocycles. The van der Waals surface area contributed by atoms with Gasteiger partial charge in [0.2, 0.25) is 0 Å². The van der Waals surface area contributed by atoms with Crippen LogP contribution < -0.4 is 5.32 Å². The molecule has 4 rings (SSSR count). The number of aryl methyl sites for hydroxylation is 1. The number of nitrogens with zero attached hydrogens (tertiary/aromatic N) is 1. The number of carboxylic acid groups (broad SMARTS) is 1. The smallest absolute Gasteiger partial charge is 0.336 e. The summed E-state index contributed by atoms with van der Waals surface area (Å²) in [5.74, 6) is -1.36. The van der Waals surface area contributed by atoms with Crippen molar-refractivity contribution in [1.82, 2.24) is 4.90 Å². The number of aromatic carboxylic acids is 1. The average Bonchev–Trinajstić information content (AvgIpc) is 2.92. The van der Waals surface area contributed by atoms with E-state index >= 15 is 0 Å². The maximum Gasteiger partial charge on any atom is 0.336 e. The summed E-state index contributed by atoms with van der Waals surface area (Å²) in [5.41, 5.74) is 3.07. The lowest BCUT2D eigenvalue weighted by atomic mass is 9.94. The van der Waals surface area contributed by atoms with Crippen LogP contribution in [-0.2, 0) is 22.6 Å². The normalized spacial score (nSPS) is 17.0. The van der Waals surface area contributed by atoms with E-state index < -0.39 is 11.8 Å². The van der Waals surface area contributed by atoms with Crippen LogP contribution in [0.25, 0.3) is 0 Å². The molecule has 7 nitrogen and oxygen atoms in total. The van der Waals surface area contributed by atoms with Gasteiger partial charge in [0.1, 0.15) is 5.82 Å². The molecule has 0 heterocycles. The first kappa shape index (κ1) is 28.3. The van der Waals surface area contributed by atoms with E-state index in [4.69, 9.17) is 9.47 Å². The van der Waals surface area contributed by atoms with E-state index in [1.165, 1.54) is 12.1 Å². The van der Waals surface area contributed by atoms with E-state index in [1.54, 1.807) is 36.1 Å². The van der Waals surface area contributed by atoms with Crippen LogP contribution in [0, 0.1) is 12.7 Å². The Bertz CT molecular complexity index is 1250. The lowest BCUT2D eigenvalue weighted by Gasteiger charge is -2.30. The van der Waals surface area contributed by atoms with Gasteiger partial charge in [0, 0.05) is 18.8 Å². The summed E-state index contributed by atoms with van der Waals surface area (Å²) in [6.45, 7) is 3.14. The van der Waals surface area contributed by atoms with Crippen LogP contribution in [0.2, 0.25) is 0 Å². The number of urea groups is 1. The predicted octanol–water partition coefficient (Wildman–Crippen LogP) is 6.41. The fourth-order valence-corrected chi connectivity index (χ4v) is 4.92. The molecule has 2 N–H and O–H groups in total. The van der Waals surface area contributed by atoms with Crippen molar-refractivity contribution in [2.45, 2.75) is 58.0 Å². The number of hydrogen-bond acceptors (Lipinski definition) is 4. The second-order valence-corrected chi connectivity index (χ2v) is 9.85. The molecular weight excluding hydrogens is 499 g/mol. The third-order valence-electron chi connectivity index (χ3n) is 6.92. The SMILES string of the molecule is Cc1cccc(CO[C@@H]2CCC[C@H](OCCN(Cc3ccccc3)C(=O)Nc3cccc(F)c3)C2)c1C(=O)O. The zero-order valence-corrected chi connectivity index (χ0v) is 22.1. The Balaban J connectivity index is 1.31.